The Morgan fingerprint density at radius 2 is 2.10 bits per heavy atom. The van der Waals surface area contributed by atoms with Crippen LogP contribution in [0.15, 0.2) is 0 Å². The van der Waals surface area contributed by atoms with Crippen molar-refractivity contribution in [1.29, 1.82) is 0 Å². The Kier molecular flexibility index (Phi) is 3.26. The lowest BCUT2D eigenvalue weighted by Gasteiger charge is -1.88. The van der Waals surface area contributed by atoms with Crippen LogP contribution in [0.5, 0.6) is 0 Å². The third kappa shape index (κ3) is 1.77. The van der Waals surface area contributed by atoms with Gasteiger partial charge in [-0.2, -0.15) is 4.39 Å². The van der Waals surface area contributed by atoms with Gasteiger partial charge in [0.1, 0.15) is 0 Å². The molecule has 1 nitrogen and oxygen atoms in total. The predicted octanol–water partition coefficient (Wildman–Crippen LogP) is 3.07. The predicted molar refractivity (Wildman–Crippen MR) is 47.3 cm³/mol. The SMILES string of the molecule is Fc1nc(CBr)c(CBr)s1. The normalized spacial score (nSPS) is 10.3. The van der Waals surface area contributed by atoms with Crippen LogP contribution in [0.4, 0.5) is 4.39 Å². The number of halogens is 3. The van der Waals surface area contributed by atoms with Crippen LogP contribution in [-0.4, -0.2) is 4.98 Å². The van der Waals surface area contributed by atoms with Gasteiger partial charge in [-0.3, -0.25) is 0 Å². The summed E-state index contributed by atoms with van der Waals surface area (Å²) < 4.78 is 12.4. The molecule has 1 aromatic rings. The Hall–Kier alpha value is 0.520. The summed E-state index contributed by atoms with van der Waals surface area (Å²) in [5.74, 6) is 0. The van der Waals surface area contributed by atoms with E-state index in [-0.39, 0.29) is 5.26 Å². The molecule has 1 heterocycles. The number of nitrogens with zero attached hydrogens (tertiary/aromatic N) is 1. The van der Waals surface area contributed by atoms with Crippen LogP contribution in [0.25, 0.3) is 0 Å². The maximum Gasteiger partial charge on any atom is 0.269 e. The number of hydrogen-bond donors (Lipinski definition) is 0. The van der Waals surface area contributed by atoms with Gasteiger partial charge in [0.15, 0.2) is 0 Å². The van der Waals surface area contributed by atoms with Crippen molar-refractivity contribution >= 4 is 43.2 Å². The average molecular weight is 289 g/mol. The van der Waals surface area contributed by atoms with Gasteiger partial charge in [0, 0.05) is 15.5 Å². The first-order valence-corrected chi connectivity index (χ1v) is 5.60. The molecule has 1 aromatic heterocycles. The van der Waals surface area contributed by atoms with Crippen molar-refractivity contribution in [2.75, 3.05) is 0 Å². The van der Waals surface area contributed by atoms with Gasteiger partial charge in [-0.05, 0) is 0 Å². The monoisotopic (exact) mass is 287 g/mol. The number of rotatable bonds is 2. The molecule has 0 aliphatic carbocycles. The van der Waals surface area contributed by atoms with Gasteiger partial charge < -0.3 is 0 Å². The first-order valence-electron chi connectivity index (χ1n) is 2.54. The van der Waals surface area contributed by atoms with Crippen LogP contribution in [0.1, 0.15) is 10.6 Å². The molecule has 0 bridgehead atoms. The molecule has 0 radical (unpaired) electrons. The van der Waals surface area contributed by atoms with Gasteiger partial charge >= 0.3 is 0 Å². The standard InChI is InChI=1S/C5H4Br2FNS/c6-1-3-4(2-7)10-5(8)9-3/h1-2H2. The van der Waals surface area contributed by atoms with E-state index in [9.17, 15) is 4.39 Å². The molecule has 10 heavy (non-hydrogen) atoms. The topological polar surface area (TPSA) is 12.9 Å². The van der Waals surface area contributed by atoms with Crippen molar-refractivity contribution in [1.82, 2.24) is 4.98 Å². The fourth-order valence-corrected chi connectivity index (χ4v) is 2.53. The van der Waals surface area contributed by atoms with E-state index in [0.29, 0.717) is 10.7 Å². The minimum Gasteiger partial charge on any atom is -0.213 e. The summed E-state index contributed by atoms with van der Waals surface area (Å²) in [5.41, 5.74) is 0.791. The molecule has 0 fully saturated rings. The van der Waals surface area contributed by atoms with Crippen molar-refractivity contribution in [3.05, 3.63) is 15.8 Å². The second kappa shape index (κ2) is 3.78. The van der Waals surface area contributed by atoms with E-state index in [1.807, 2.05) is 0 Å². The van der Waals surface area contributed by atoms with Crippen molar-refractivity contribution in [3.63, 3.8) is 0 Å². The van der Waals surface area contributed by atoms with E-state index >= 15 is 0 Å². The molecule has 0 aliphatic heterocycles. The van der Waals surface area contributed by atoms with E-state index in [1.54, 1.807) is 0 Å². The highest BCUT2D eigenvalue weighted by atomic mass is 79.9. The maximum absolute atomic E-state index is 12.4. The lowest BCUT2D eigenvalue weighted by molar-refractivity contribution is 0.614. The summed E-state index contributed by atoms with van der Waals surface area (Å²) >= 11 is 7.55. The van der Waals surface area contributed by atoms with Crippen molar-refractivity contribution < 1.29 is 4.39 Å². The highest BCUT2D eigenvalue weighted by Gasteiger charge is 2.07. The smallest absolute Gasteiger partial charge is 0.213 e. The minimum absolute atomic E-state index is 0.357. The molecule has 0 atom stereocenters. The zero-order valence-electron chi connectivity index (χ0n) is 4.90. The Labute approximate surface area is 78.9 Å². The summed E-state index contributed by atoms with van der Waals surface area (Å²) in [6.45, 7) is 0. The molecule has 0 unspecified atom stereocenters. The third-order valence-corrected chi connectivity index (χ3v) is 3.35. The number of thiazole rings is 1. The van der Waals surface area contributed by atoms with Crippen LogP contribution < -0.4 is 0 Å². The third-order valence-electron chi connectivity index (χ3n) is 1.00. The second-order valence-electron chi connectivity index (χ2n) is 1.60. The van der Waals surface area contributed by atoms with Crippen molar-refractivity contribution in [3.8, 4) is 0 Å². The summed E-state index contributed by atoms with van der Waals surface area (Å²) in [7, 11) is 0. The van der Waals surface area contributed by atoms with Crippen LogP contribution in [0, 0.1) is 5.26 Å². The first kappa shape index (κ1) is 8.62. The largest absolute Gasteiger partial charge is 0.269 e. The van der Waals surface area contributed by atoms with Gasteiger partial charge in [-0.25, -0.2) is 4.98 Å². The quantitative estimate of drug-likeness (QED) is 0.762. The Balaban J connectivity index is 2.96. The van der Waals surface area contributed by atoms with E-state index in [2.05, 4.69) is 36.8 Å². The summed E-state index contributed by atoms with van der Waals surface area (Å²) in [6, 6.07) is 0. The molecule has 0 spiro atoms. The number of hydrogen-bond acceptors (Lipinski definition) is 2. The molecular weight excluding hydrogens is 285 g/mol. The Morgan fingerprint density at radius 3 is 2.50 bits per heavy atom. The molecule has 56 valence electrons. The molecule has 0 aliphatic rings. The first-order chi connectivity index (χ1) is 4.77. The fraction of sp³-hybridized carbons (Fsp3) is 0.400. The number of aromatic nitrogens is 1. The van der Waals surface area contributed by atoms with Gasteiger partial charge in [-0.15, -0.1) is 0 Å². The van der Waals surface area contributed by atoms with E-state index in [4.69, 9.17) is 0 Å². The second-order valence-corrected chi connectivity index (χ2v) is 3.76. The van der Waals surface area contributed by atoms with Crippen molar-refractivity contribution in [2.45, 2.75) is 10.7 Å². The van der Waals surface area contributed by atoms with Crippen molar-refractivity contribution in [2.24, 2.45) is 0 Å². The Morgan fingerprint density at radius 1 is 1.40 bits per heavy atom. The van der Waals surface area contributed by atoms with Crippen LogP contribution in [0.3, 0.4) is 0 Å². The zero-order valence-corrected chi connectivity index (χ0v) is 8.89. The van der Waals surface area contributed by atoms with E-state index < -0.39 is 0 Å². The van der Waals surface area contributed by atoms with E-state index in [1.165, 1.54) is 0 Å². The minimum atomic E-state index is -0.357. The highest BCUT2D eigenvalue weighted by Crippen LogP contribution is 2.21. The molecule has 0 saturated heterocycles. The van der Waals surface area contributed by atoms with Gasteiger partial charge in [0.2, 0.25) is 0 Å². The van der Waals surface area contributed by atoms with E-state index in [0.717, 1.165) is 21.9 Å². The molecule has 1 rings (SSSR count). The summed E-state index contributed by atoms with van der Waals surface area (Å²) in [5, 5.41) is 0.938. The molecule has 0 N–H and O–H groups in total. The number of alkyl halides is 2. The highest BCUT2D eigenvalue weighted by molar-refractivity contribution is 9.09. The molecular formula is C5H4Br2FNS. The molecule has 0 aromatic carbocycles. The van der Waals surface area contributed by atoms with Gasteiger partial charge in [0.05, 0.1) is 5.69 Å². The lowest BCUT2D eigenvalue weighted by atomic mass is 10.4. The van der Waals surface area contributed by atoms with Gasteiger partial charge in [0.25, 0.3) is 5.26 Å². The molecule has 5 heteroatoms. The van der Waals surface area contributed by atoms with Crippen LogP contribution in [-0.2, 0) is 10.7 Å². The van der Waals surface area contributed by atoms with Crippen LogP contribution >= 0.6 is 43.2 Å². The Bertz CT molecular complexity index is 204. The summed E-state index contributed by atoms with van der Waals surface area (Å²) in [6.07, 6.45) is 0. The summed E-state index contributed by atoms with van der Waals surface area (Å²) in [4.78, 5) is 4.63. The van der Waals surface area contributed by atoms with Crippen LogP contribution in [0.2, 0.25) is 0 Å². The zero-order chi connectivity index (χ0) is 7.56. The maximum atomic E-state index is 12.4. The average Bonchev–Trinajstić information content (AvgIpc) is 2.30. The van der Waals surface area contributed by atoms with Gasteiger partial charge in [-0.1, -0.05) is 43.2 Å². The molecule has 0 saturated carbocycles. The fourth-order valence-electron chi connectivity index (χ4n) is 0.561. The molecule has 0 amide bonds. The lowest BCUT2D eigenvalue weighted by Crippen LogP contribution is -1.81.